The highest BCUT2D eigenvalue weighted by molar-refractivity contribution is 6.02. The minimum atomic E-state index is -1.38. The first kappa shape index (κ1) is 134. The molecule has 20 atom stereocenters. The second-order valence-electron chi connectivity index (χ2n) is 40.7. The van der Waals surface area contributed by atoms with E-state index in [0.29, 0.717) is 96.4 Å². The van der Waals surface area contributed by atoms with Crippen molar-refractivity contribution in [3.05, 3.63) is 0 Å². The number of carbonyl (C=O) groups is 20. The molecule has 47 heteroatoms. The van der Waals surface area contributed by atoms with Gasteiger partial charge >= 0.3 is 0 Å². The molecule has 0 bridgehead atoms. The SMILES string of the molecule is CC[C@H](C)[C@H](NC(=O)[C@@H](N)CCCCN)C(=O)N[C@@H](C)C(=O)N[C@@H](CC(C)C)C(=O)N[C@@H](CCCCN)C(=O)N[C@@H](C)C(=O)N[C@@H](CC(C)C)C(=O)N[C@@H](CCCCN)C(=O)N[C@@H](C)C(=O)N[C@@H](CC(C)C)C(=O)N[C@@H](CCCCN)C(=O)N[C@@H](C)C(=O)N[C@@H](CC(C)C)C(=O)NCC(=O)N[C@@H](CCCCN)C(=O)N[C@@H](C)C(=O)N[C@@H](CC(C)C)C(=O)N[C@@H](CCCCN)C(=O)N[C@@H](C)C(=O)N[C@@H](CC(C)C)C(N)=O. The number of hydrogen-bond donors (Lipinski definition) is 27. The van der Waals surface area contributed by atoms with Crippen LogP contribution in [-0.2, 0) is 95.9 Å². The van der Waals surface area contributed by atoms with Crippen molar-refractivity contribution >= 4 is 118 Å². The number of unbranched alkanes of at least 4 members (excludes halogenated alkanes) is 6. The van der Waals surface area contributed by atoms with E-state index in [1.807, 2.05) is 34.6 Å². The molecule has 0 aromatic rings. The van der Waals surface area contributed by atoms with Gasteiger partial charge < -0.3 is 147 Å². The molecule has 832 valence electrons. The van der Waals surface area contributed by atoms with Crippen molar-refractivity contribution in [3.8, 4) is 0 Å². The first-order valence-corrected chi connectivity index (χ1v) is 52.1. The summed E-state index contributed by atoms with van der Waals surface area (Å²) in [7, 11) is 0. The molecule has 35 N–H and O–H groups in total. The van der Waals surface area contributed by atoms with Crippen LogP contribution in [-0.4, -0.2) is 279 Å². The summed E-state index contributed by atoms with van der Waals surface area (Å²) in [6.07, 6.45) is 6.67. The normalized spacial score (nSPS) is 15.6. The van der Waals surface area contributed by atoms with Gasteiger partial charge in [0.25, 0.3) is 0 Å². The van der Waals surface area contributed by atoms with Gasteiger partial charge in [0.2, 0.25) is 118 Å². The Bertz CT molecular complexity index is 4050. The van der Waals surface area contributed by atoms with Crippen molar-refractivity contribution < 1.29 is 95.9 Å². The van der Waals surface area contributed by atoms with Gasteiger partial charge in [0.15, 0.2) is 0 Å². The third-order valence-corrected chi connectivity index (χ3v) is 24.0. The summed E-state index contributed by atoms with van der Waals surface area (Å²) >= 11 is 0. The van der Waals surface area contributed by atoms with Crippen molar-refractivity contribution in [2.24, 2.45) is 87.3 Å². The summed E-state index contributed by atoms with van der Waals surface area (Å²) in [5.41, 5.74) is 46.3. The Morgan fingerprint density at radius 2 is 0.400 bits per heavy atom. The van der Waals surface area contributed by atoms with Crippen LogP contribution in [0.3, 0.4) is 0 Å². The van der Waals surface area contributed by atoms with Gasteiger partial charge in [-0.1, -0.05) is 110 Å². The van der Waals surface area contributed by atoms with Crippen LogP contribution >= 0.6 is 0 Å². The fourth-order valence-corrected chi connectivity index (χ4v) is 15.3. The number of nitrogens with one attached hydrogen (secondary N) is 19. The predicted molar refractivity (Wildman–Crippen MR) is 553 cm³/mol. The molecule has 0 heterocycles. The smallest absolute Gasteiger partial charge is 0.243 e. The Kier molecular flexibility index (Phi) is 67.7. The number of hydrogen-bond acceptors (Lipinski definition) is 27. The quantitative estimate of drug-likeness (QED) is 0.0268. The van der Waals surface area contributed by atoms with Crippen molar-refractivity contribution in [1.82, 2.24) is 101 Å². The average molecular weight is 2060 g/mol. The highest BCUT2D eigenvalue weighted by Crippen LogP contribution is 2.18. The van der Waals surface area contributed by atoms with Gasteiger partial charge in [-0.2, -0.15) is 0 Å². The molecule has 0 unspecified atom stereocenters. The highest BCUT2D eigenvalue weighted by Gasteiger charge is 2.40. The van der Waals surface area contributed by atoms with E-state index in [0.717, 1.165) is 0 Å². The molecule has 0 aromatic heterocycles. The molecule has 0 fully saturated rings. The Morgan fingerprint density at radius 3 is 0.621 bits per heavy atom. The maximum atomic E-state index is 14.5. The minimum Gasteiger partial charge on any atom is -0.368 e. The van der Waals surface area contributed by atoms with Crippen LogP contribution in [0.2, 0.25) is 0 Å². The molecule has 0 aromatic carbocycles. The summed E-state index contributed by atoms with van der Waals surface area (Å²) in [4.78, 5) is 278. The average Bonchev–Trinajstić information content (AvgIpc) is 0.856. The second-order valence-corrected chi connectivity index (χ2v) is 40.7. The minimum absolute atomic E-state index is 0.0000575. The largest absolute Gasteiger partial charge is 0.368 e. The van der Waals surface area contributed by atoms with E-state index in [1.165, 1.54) is 41.5 Å². The fourth-order valence-electron chi connectivity index (χ4n) is 15.3. The van der Waals surface area contributed by atoms with Crippen molar-refractivity contribution in [3.63, 3.8) is 0 Å². The summed E-state index contributed by atoms with van der Waals surface area (Å²) < 4.78 is 0. The van der Waals surface area contributed by atoms with E-state index >= 15 is 0 Å². The first-order chi connectivity index (χ1) is 68.1. The Morgan fingerprint density at radius 1 is 0.207 bits per heavy atom. The molecule has 0 radical (unpaired) electrons. The fraction of sp³-hybridized carbons (Fsp3) is 0.796. The van der Waals surface area contributed by atoms with Crippen LogP contribution in [0.25, 0.3) is 0 Å². The van der Waals surface area contributed by atoms with Crippen LogP contribution in [0, 0.1) is 41.4 Å². The Labute approximate surface area is 858 Å². The zero-order valence-electron chi connectivity index (χ0n) is 89.9. The van der Waals surface area contributed by atoms with E-state index in [4.69, 9.17) is 45.9 Å². The molecular weight excluding hydrogens is 1880 g/mol. The molecule has 0 saturated carbocycles. The maximum absolute atomic E-state index is 14.5. The topological polar surface area (TPSA) is 778 Å². The van der Waals surface area contributed by atoms with Gasteiger partial charge in [-0.25, -0.2) is 0 Å². The molecular formula is C98H185N27O20. The number of rotatable bonds is 77. The van der Waals surface area contributed by atoms with Crippen LogP contribution in [0.4, 0.5) is 0 Å². The number of primary amides is 1. The molecule has 0 aliphatic rings. The van der Waals surface area contributed by atoms with Crippen LogP contribution in [0.5, 0.6) is 0 Å². The van der Waals surface area contributed by atoms with Gasteiger partial charge in [-0.3, -0.25) is 95.9 Å². The van der Waals surface area contributed by atoms with Gasteiger partial charge in [0, 0.05) is 0 Å². The molecule has 20 amide bonds. The summed E-state index contributed by atoms with van der Waals surface area (Å²) in [5.74, 6) is -16.9. The Hall–Kier alpha value is -10.9. The van der Waals surface area contributed by atoms with Gasteiger partial charge in [0.1, 0.15) is 109 Å². The lowest BCUT2D eigenvalue weighted by Gasteiger charge is -2.28. The van der Waals surface area contributed by atoms with E-state index in [9.17, 15) is 95.9 Å². The summed E-state index contributed by atoms with van der Waals surface area (Å²) in [6, 6.07) is -23.5. The highest BCUT2D eigenvalue weighted by atomic mass is 16.2. The van der Waals surface area contributed by atoms with Crippen molar-refractivity contribution in [1.29, 1.82) is 0 Å². The summed E-state index contributed by atoms with van der Waals surface area (Å²) in [5, 5.41) is 50.3. The van der Waals surface area contributed by atoms with E-state index in [-0.39, 0.29) is 145 Å². The number of amides is 20. The lowest BCUT2D eigenvalue weighted by molar-refractivity contribution is -0.136. The van der Waals surface area contributed by atoms with Gasteiger partial charge in [0.05, 0.1) is 12.6 Å². The van der Waals surface area contributed by atoms with Crippen LogP contribution < -0.4 is 147 Å². The van der Waals surface area contributed by atoms with Gasteiger partial charge in [-0.05, 0) is 270 Å². The van der Waals surface area contributed by atoms with Crippen molar-refractivity contribution in [2.75, 3.05) is 45.8 Å². The molecule has 0 spiro atoms. The first-order valence-electron chi connectivity index (χ1n) is 52.1. The van der Waals surface area contributed by atoms with E-state index < -0.39 is 239 Å². The lowest BCUT2D eigenvalue weighted by atomic mass is 9.97. The van der Waals surface area contributed by atoms with Crippen LogP contribution in [0.15, 0.2) is 0 Å². The second kappa shape index (κ2) is 73.2. The third-order valence-electron chi connectivity index (χ3n) is 24.0. The van der Waals surface area contributed by atoms with Gasteiger partial charge in [-0.15, -0.1) is 0 Å². The zero-order valence-corrected chi connectivity index (χ0v) is 89.9. The van der Waals surface area contributed by atoms with E-state index in [2.05, 4.69) is 101 Å². The molecule has 0 aliphatic heterocycles. The molecule has 0 rings (SSSR count). The molecule has 145 heavy (non-hydrogen) atoms. The number of nitrogens with two attached hydrogens (primary N) is 8. The third kappa shape index (κ3) is 56.0. The standard InChI is InChI=1S/C98H185N27O20/c1-21-59(14)79(125-87(134)66(105)34-22-28-40-99)98(145)113-65(20)86(133)124-77(51-58(12)13)97(144)118-71(39-27-33-45-104)93(140)112-64(19)85(132)123-76(50-57(10)11)96(143)117-70(38-26-32-44-103)92(139)111-63(18)84(131)122-75(49-56(8)9)95(142)116-69(37-25-31-43-102)91(138)110-61(16)82(129)120-73(47-54(4)5)88(135)107-52-78(126)114-67(35-23-29-41-100)89(136)108-62(17)83(130)121-74(48-55(6)7)94(141)115-68(36-24-30-42-101)90(137)109-60(15)81(128)119-72(80(106)127)46-53(2)3/h53-77,79H,21-52,99-105H2,1-20H3,(H2,106,127)(H,107,135)(H,108,136)(H,109,137)(H,110,138)(H,111,139)(H,112,140)(H,113,145)(H,114,126)(H,115,141)(H,116,142)(H,117,143)(H,118,144)(H,119,128)(H,120,129)(H,121,130)(H,122,131)(H,123,132)(H,124,133)(H,125,134)/t59-,60-,61-,62-,63-,64-,65-,66-,67-,68-,69-,70-,71-,72-,73-,74-,75-,76-,77-,79-/m0/s1. The molecule has 0 aliphatic carbocycles. The van der Waals surface area contributed by atoms with Crippen LogP contribution in [0.1, 0.15) is 299 Å². The molecule has 0 saturated heterocycles. The maximum Gasteiger partial charge on any atom is 0.243 e. The Balaban J connectivity index is 6.66. The number of carbonyl (C=O) groups excluding carboxylic acids is 20. The lowest BCUT2D eigenvalue weighted by Crippen LogP contribution is -2.60. The van der Waals surface area contributed by atoms with E-state index in [1.54, 1.807) is 62.3 Å². The summed E-state index contributed by atoms with van der Waals surface area (Å²) in [6.45, 7) is 34.3. The zero-order chi connectivity index (χ0) is 111. The van der Waals surface area contributed by atoms with Crippen molar-refractivity contribution in [2.45, 2.75) is 414 Å². The molecule has 47 nitrogen and oxygen atoms in total. The predicted octanol–water partition coefficient (Wildman–Crippen LogP) is -3.14. The monoisotopic (exact) mass is 2060 g/mol.